The molecule has 1 aliphatic carbocycles. The minimum absolute atomic E-state index is 0.00461. The molecule has 1 saturated carbocycles. The molecule has 20 heavy (non-hydrogen) atoms. The third-order valence-electron chi connectivity index (χ3n) is 4.51. The van der Waals surface area contributed by atoms with Gasteiger partial charge in [-0.3, -0.25) is 4.57 Å². The van der Waals surface area contributed by atoms with Crippen molar-refractivity contribution in [2.24, 2.45) is 5.73 Å². The summed E-state index contributed by atoms with van der Waals surface area (Å²) in [6, 6.07) is 10.3. The predicted molar refractivity (Wildman–Crippen MR) is 79.9 cm³/mol. The first-order chi connectivity index (χ1) is 9.77. The molecule has 1 fully saturated rings. The van der Waals surface area contributed by atoms with Crippen molar-refractivity contribution in [2.75, 3.05) is 6.54 Å². The summed E-state index contributed by atoms with van der Waals surface area (Å²) in [4.78, 5) is 0. The minimum Gasteiger partial charge on any atom is -0.329 e. The van der Waals surface area contributed by atoms with Gasteiger partial charge in [0, 0.05) is 17.6 Å². The number of benzene rings is 1. The summed E-state index contributed by atoms with van der Waals surface area (Å²) in [5, 5.41) is 8.81. The van der Waals surface area contributed by atoms with E-state index in [9.17, 15) is 0 Å². The lowest BCUT2D eigenvalue weighted by Gasteiger charge is -2.35. The van der Waals surface area contributed by atoms with Crippen LogP contribution in [0.5, 0.6) is 0 Å². The summed E-state index contributed by atoms with van der Waals surface area (Å²) in [5.74, 6) is 1.98. The lowest BCUT2D eigenvalue weighted by molar-refractivity contribution is 0.282. The Morgan fingerprint density at radius 3 is 2.45 bits per heavy atom. The fourth-order valence-corrected chi connectivity index (χ4v) is 3.34. The highest BCUT2D eigenvalue weighted by atomic mass is 15.3. The molecular weight excluding hydrogens is 248 g/mol. The summed E-state index contributed by atoms with van der Waals surface area (Å²) in [6.07, 6.45) is 6.01. The maximum Gasteiger partial charge on any atom is 0.145 e. The molecule has 0 saturated heterocycles. The van der Waals surface area contributed by atoms with Gasteiger partial charge in [0.2, 0.25) is 0 Å². The third-order valence-corrected chi connectivity index (χ3v) is 4.51. The Morgan fingerprint density at radius 2 is 1.80 bits per heavy atom. The number of para-hydroxylation sites is 1. The monoisotopic (exact) mass is 270 g/mol. The van der Waals surface area contributed by atoms with E-state index < -0.39 is 0 Å². The van der Waals surface area contributed by atoms with Crippen LogP contribution in [0.1, 0.15) is 43.8 Å². The first-order valence-electron chi connectivity index (χ1n) is 7.45. The largest absolute Gasteiger partial charge is 0.329 e. The zero-order valence-electron chi connectivity index (χ0n) is 12.0. The normalized spacial score (nSPS) is 18.1. The minimum atomic E-state index is -0.00461. The number of nitrogens with zero attached hydrogens (tertiary/aromatic N) is 3. The van der Waals surface area contributed by atoms with E-state index in [2.05, 4.69) is 39.0 Å². The van der Waals surface area contributed by atoms with Gasteiger partial charge in [-0.1, -0.05) is 37.5 Å². The number of nitrogens with two attached hydrogens (primary N) is 1. The summed E-state index contributed by atoms with van der Waals surface area (Å²) in [6.45, 7) is 2.66. The molecule has 1 aliphatic rings. The molecule has 3 rings (SSSR count). The van der Waals surface area contributed by atoms with E-state index in [1.807, 2.05) is 13.0 Å². The van der Waals surface area contributed by atoms with Crippen LogP contribution in [0, 0.1) is 6.92 Å². The SMILES string of the molecule is Cc1nnc(C2(CN)CCCCC2)n1-c1ccccc1. The van der Waals surface area contributed by atoms with Gasteiger partial charge in [0.1, 0.15) is 11.6 Å². The smallest absolute Gasteiger partial charge is 0.145 e. The molecule has 1 aromatic heterocycles. The van der Waals surface area contributed by atoms with E-state index in [-0.39, 0.29) is 5.41 Å². The molecule has 2 aromatic rings. The topological polar surface area (TPSA) is 56.7 Å². The quantitative estimate of drug-likeness (QED) is 0.933. The van der Waals surface area contributed by atoms with Crippen molar-refractivity contribution >= 4 is 0 Å². The Hall–Kier alpha value is -1.68. The molecule has 0 amide bonds. The molecule has 0 spiro atoms. The van der Waals surface area contributed by atoms with Crippen molar-refractivity contribution in [1.82, 2.24) is 14.8 Å². The molecular formula is C16H22N4. The van der Waals surface area contributed by atoms with E-state index in [0.717, 1.165) is 30.2 Å². The van der Waals surface area contributed by atoms with Gasteiger partial charge < -0.3 is 5.73 Å². The first-order valence-corrected chi connectivity index (χ1v) is 7.45. The Balaban J connectivity index is 2.10. The van der Waals surface area contributed by atoms with E-state index in [1.54, 1.807) is 0 Å². The van der Waals surface area contributed by atoms with Crippen molar-refractivity contribution in [3.63, 3.8) is 0 Å². The third kappa shape index (κ3) is 2.14. The molecule has 0 aliphatic heterocycles. The van der Waals surface area contributed by atoms with Crippen molar-refractivity contribution in [3.8, 4) is 5.69 Å². The zero-order valence-corrected chi connectivity index (χ0v) is 12.0. The van der Waals surface area contributed by atoms with Gasteiger partial charge >= 0.3 is 0 Å². The molecule has 4 heteroatoms. The molecule has 1 heterocycles. The highest BCUT2D eigenvalue weighted by Crippen LogP contribution is 2.38. The standard InChI is InChI=1S/C16H22N4/c1-13-18-19-15(16(12-17)10-6-3-7-11-16)20(13)14-8-4-2-5-9-14/h2,4-5,8-9H,3,6-7,10-12,17H2,1H3. The molecule has 0 bridgehead atoms. The van der Waals surface area contributed by atoms with Crippen LogP contribution in [-0.4, -0.2) is 21.3 Å². The van der Waals surface area contributed by atoms with Crippen molar-refractivity contribution in [2.45, 2.75) is 44.4 Å². The number of hydrogen-bond donors (Lipinski definition) is 1. The zero-order chi connectivity index (χ0) is 14.0. The molecule has 106 valence electrons. The van der Waals surface area contributed by atoms with Crippen molar-refractivity contribution in [1.29, 1.82) is 0 Å². The Morgan fingerprint density at radius 1 is 1.10 bits per heavy atom. The molecule has 0 unspecified atom stereocenters. The second-order valence-electron chi connectivity index (χ2n) is 5.79. The number of rotatable bonds is 3. The fraction of sp³-hybridized carbons (Fsp3) is 0.500. The lowest BCUT2D eigenvalue weighted by Crippen LogP contribution is -2.39. The number of aromatic nitrogens is 3. The molecule has 1 aromatic carbocycles. The van der Waals surface area contributed by atoms with Gasteiger partial charge in [-0.15, -0.1) is 10.2 Å². The molecule has 0 atom stereocenters. The molecule has 4 nitrogen and oxygen atoms in total. The molecule has 2 N–H and O–H groups in total. The molecule has 0 radical (unpaired) electrons. The summed E-state index contributed by atoms with van der Waals surface area (Å²) < 4.78 is 2.18. The predicted octanol–water partition coefficient (Wildman–Crippen LogP) is 2.74. The highest BCUT2D eigenvalue weighted by Gasteiger charge is 2.37. The highest BCUT2D eigenvalue weighted by molar-refractivity contribution is 5.35. The summed E-state index contributed by atoms with van der Waals surface area (Å²) in [7, 11) is 0. The number of aryl methyl sites for hydroxylation is 1. The second kappa shape index (κ2) is 5.37. The first kappa shape index (κ1) is 13.3. The average Bonchev–Trinajstić information content (AvgIpc) is 2.91. The van der Waals surface area contributed by atoms with Gasteiger partial charge in [-0.25, -0.2) is 0 Å². The van der Waals surface area contributed by atoms with Gasteiger partial charge in [0.15, 0.2) is 0 Å². The van der Waals surface area contributed by atoms with Gasteiger partial charge in [0.05, 0.1) is 0 Å². The van der Waals surface area contributed by atoms with E-state index in [1.165, 1.54) is 19.3 Å². The summed E-state index contributed by atoms with van der Waals surface area (Å²) >= 11 is 0. The van der Waals surface area contributed by atoms with Gasteiger partial charge in [0.25, 0.3) is 0 Å². The van der Waals surface area contributed by atoms with Crippen LogP contribution < -0.4 is 5.73 Å². The number of hydrogen-bond acceptors (Lipinski definition) is 3. The van der Waals surface area contributed by atoms with Crippen LogP contribution in [-0.2, 0) is 5.41 Å². The lowest BCUT2D eigenvalue weighted by atomic mass is 9.73. The van der Waals surface area contributed by atoms with Crippen molar-refractivity contribution in [3.05, 3.63) is 42.0 Å². The van der Waals surface area contributed by atoms with Crippen LogP contribution in [0.4, 0.5) is 0 Å². The maximum atomic E-state index is 6.15. The maximum absolute atomic E-state index is 6.15. The van der Waals surface area contributed by atoms with Crippen LogP contribution in [0.3, 0.4) is 0 Å². The Labute approximate surface area is 120 Å². The van der Waals surface area contributed by atoms with E-state index >= 15 is 0 Å². The van der Waals surface area contributed by atoms with Crippen LogP contribution in [0.15, 0.2) is 30.3 Å². The van der Waals surface area contributed by atoms with Crippen molar-refractivity contribution < 1.29 is 0 Å². The van der Waals surface area contributed by atoms with E-state index in [4.69, 9.17) is 5.73 Å². The van der Waals surface area contributed by atoms with Crippen LogP contribution >= 0.6 is 0 Å². The van der Waals surface area contributed by atoms with Gasteiger partial charge in [-0.2, -0.15) is 0 Å². The second-order valence-corrected chi connectivity index (χ2v) is 5.79. The Bertz CT molecular complexity index is 567. The average molecular weight is 270 g/mol. The van der Waals surface area contributed by atoms with Gasteiger partial charge in [-0.05, 0) is 31.9 Å². The van der Waals surface area contributed by atoms with E-state index in [0.29, 0.717) is 6.54 Å². The summed E-state index contributed by atoms with van der Waals surface area (Å²) in [5.41, 5.74) is 7.27. The van der Waals surface area contributed by atoms with Crippen LogP contribution in [0.25, 0.3) is 5.69 Å². The van der Waals surface area contributed by atoms with Crippen LogP contribution in [0.2, 0.25) is 0 Å². The Kier molecular flexibility index (Phi) is 3.57. The fourth-order valence-electron chi connectivity index (χ4n) is 3.34.